The highest BCUT2D eigenvalue weighted by atomic mass is 35.5. The van der Waals surface area contributed by atoms with Gasteiger partial charge >= 0.3 is 6.18 Å². The maximum absolute atomic E-state index is 13.0. The summed E-state index contributed by atoms with van der Waals surface area (Å²) >= 11 is 6.17. The molecule has 2 aromatic carbocycles. The predicted molar refractivity (Wildman–Crippen MR) is 115 cm³/mol. The van der Waals surface area contributed by atoms with Crippen LogP contribution in [0.2, 0.25) is 5.02 Å². The van der Waals surface area contributed by atoms with Crippen molar-refractivity contribution in [2.24, 2.45) is 0 Å². The van der Waals surface area contributed by atoms with E-state index in [4.69, 9.17) is 11.6 Å². The van der Waals surface area contributed by atoms with Gasteiger partial charge in [-0.05, 0) is 57.2 Å². The zero-order chi connectivity index (χ0) is 23.6. The van der Waals surface area contributed by atoms with Crippen LogP contribution in [0.3, 0.4) is 0 Å². The SMILES string of the molecule is Cc1c(C(=O)Nc2cc(C(=O)NC(C)C)ccc2Cl)cnn1-c1cccc(C(F)(F)F)c1. The fraction of sp³-hybridized carbons (Fsp3) is 0.227. The van der Waals surface area contributed by atoms with Crippen molar-refractivity contribution in [3.63, 3.8) is 0 Å². The van der Waals surface area contributed by atoms with E-state index in [1.807, 2.05) is 13.8 Å². The minimum absolute atomic E-state index is 0.0689. The minimum atomic E-state index is -4.50. The lowest BCUT2D eigenvalue weighted by Gasteiger charge is -2.12. The topological polar surface area (TPSA) is 76.0 Å². The number of nitrogens with one attached hydrogen (secondary N) is 2. The molecule has 10 heteroatoms. The third kappa shape index (κ3) is 5.11. The number of hydrogen-bond acceptors (Lipinski definition) is 3. The van der Waals surface area contributed by atoms with Crippen LogP contribution in [-0.2, 0) is 6.18 Å². The summed E-state index contributed by atoms with van der Waals surface area (Å²) in [5.74, 6) is -0.884. The smallest absolute Gasteiger partial charge is 0.350 e. The second kappa shape index (κ2) is 9.04. The first-order valence-electron chi connectivity index (χ1n) is 9.61. The summed E-state index contributed by atoms with van der Waals surface area (Å²) in [5.41, 5.74) is 0.372. The molecule has 2 N–H and O–H groups in total. The number of amides is 2. The summed E-state index contributed by atoms with van der Waals surface area (Å²) in [6, 6.07) is 9.05. The van der Waals surface area contributed by atoms with Crippen molar-refractivity contribution in [1.82, 2.24) is 15.1 Å². The molecule has 0 atom stereocenters. The number of aromatic nitrogens is 2. The molecule has 1 heterocycles. The Bertz CT molecular complexity index is 1170. The second-order valence-electron chi connectivity index (χ2n) is 7.38. The molecule has 6 nitrogen and oxygen atoms in total. The summed E-state index contributed by atoms with van der Waals surface area (Å²) < 4.78 is 40.3. The van der Waals surface area contributed by atoms with Crippen molar-refractivity contribution < 1.29 is 22.8 Å². The molecule has 3 rings (SSSR count). The Labute approximate surface area is 187 Å². The number of nitrogens with zero attached hydrogens (tertiary/aromatic N) is 2. The molecule has 0 unspecified atom stereocenters. The average molecular weight is 465 g/mol. The summed E-state index contributed by atoms with van der Waals surface area (Å²) in [6.07, 6.45) is -3.24. The third-order valence-electron chi connectivity index (χ3n) is 4.57. The normalized spacial score (nSPS) is 11.5. The first-order valence-corrected chi connectivity index (χ1v) is 9.99. The fourth-order valence-electron chi connectivity index (χ4n) is 3.00. The lowest BCUT2D eigenvalue weighted by Crippen LogP contribution is -2.30. The van der Waals surface area contributed by atoms with E-state index in [0.29, 0.717) is 11.3 Å². The van der Waals surface area contributed by atoms with Gasteiger partial charge in [0.2, 0.25) is 0 Å². The highest BCUT2D eigenvalue weighted by Gasteiger charge is 2.30. The summed E-state index contributed by atoms with van der Waals surface area (Å²) in [7, 11) is 0. The van der Waals surface area contributed by atoms with Gasteiger partial charge in [0.1, 0.15) is 0 Å². The lowest BCUT2D eigenvalue weighted by atomic mass is 10.1. The molecule has 2 amide bonds. The second-order valence-corrected chi connectivity index (χ2v) is 7.79. The molecule has 0 spiro atoms. The molecule has 168 valence electrons. The van der Waals surface area contributed by atoms with Gasteiger partial charge in [0, 0.05) is 11.6 Å². The average Bonchev–Trinajstić information content (AvgIpc) is 3.10. The van der Waals surface area contributed by atoms with Crippen LogP contribution < -0.4 is 10.6 Å². The van der Waals surface area contributed by atoms with Crippen LogP contribution in [-0.4, -0.2) is 27.6 Å². The third-order valence-corrected chi connectivity index (χ3v) is 4.90. The first kappa shape index (κ1) is 23.3. The maximum Gasteiger partial charge on any atom is 0.416 e. The van der Waals surface area contributed by atoms with Crippen molar-refractivity contribution in [1.29, 1.82) is 0 Å². The first-order chi connectivity index (χ1) is 15.0. The number of benzene rings is 2. The molecule has 1 aromatic heterocycles. The van der Waals surface area contributed by atoms with Crippen LogP contribution >= 0.6 is 11.6 Å². The maximum atomic E-state index is 13.0. The van der Waals surface area contributed by atoms with Crippen molar-refractivity contribution in [3.8, 4) is 5.69 Å². The van der Waals surface area contributed by atoms with Gasteiger partial charge in [0.25, 0.3) is 11.8 Å². The van der Waals surface area contributed by atoms with Crippen LogP contribution in [0.15, 0.2) is 48.7 Å². The Morgan fingerprint density at radius 3 is 2.47 bits per heavy atom. The molecule has 0 aliphatic heterocycles. The number of alkyl halides is 3. The van der Waals surface area contributed by atoms with Crippen molar-refractivity contribution in [2.75, 3.05) is 5.32 Å². The van der Waals surface area contributed by atoms with E-state index in [2.05, 4.69) is 15.7 Å². The number of carbonyl (C=O) groups excluding carboxylic acids is 2. The van der Waals surface area contributed by atoms with E-state index in [1.54, 1.807) is 6.92 Å². The molecule has 32 heavy (non-hydrogen) atoms. The van der Waals surface area contributed by atoms with Gasteiger partial charge in [-0.1, -0.05) is 17.7 Å². The van der Waals surface area contributed by atoms with E-state index in [1.165, 1.54) is 41.2 Å². The highest BCUT2D eigenvalue weighted by molar-refractivity contribution is 6.34. The summed E-state index contributed by atoms with van der Waals surface area (Å²) in [4.78, 5) is 25.0. The van der Waals surface area contributed by atoms with Crippen molar-refractivity contribution in [2.45, 2.75) is 33.0 Å². The Morgan fingerprint density at radius 2 is 1.81 bits per heavy atom. The predicted octanol–water partition coefficient (Wildman–Crippen LogP) is 5.24. The molecule has 0 bridgehead atoms. The van der Waals surface area contributed by atoms with Gasteiger partial charge in [-0.15, -0.1) is 0 Å². The molecule has 0 aliphatic carbocycles. The number of rotatable bonds is 5. The van der Waals surface area contributed by atoms with E-state index >= 15 is 0 Å². The molecular formula is C22H20ClF3N4O2. The molecule has 0 radical (unpaired) electrons. The molecule has 0 aliphatic rings. The molecule has 0 fully saturated rings. The Kier molecular flexibility index (Phi) is 6.59. The van der Waals surface area contributed by atoms with Crippen molar-refractivity contribution in [3.05, 3.63) is 76.1 Å². The highest BCUT2D eigenvalue weighted by Crippen LogP contribution is 2.31. The molecule has 0 saturated carbocycles. The minimum Gasteiger partial charge on any atom is -0.350 e. The Morgan fingerprint density at radius 1 is 1.09 bits per heavy atom. The van der Waals surface area contributed by atoms with Crippen LogP contribution in [0, 0.1) is 6.92 Å². The summed E-state index contributed by atoms with van der Waals surface area (Å²) in [6.45, 7) is 5.21. The number of halogens is 4. The Balaban J connectivity index is 1.87. The standard InChI is InChI=1S/C22H20ClF3N4O2/c1-12(2)28-20(31)14-7-8-18(23)19(9-14)29-21(32)17-11-27-30(13(17)3)16-6-4-5-15(10-16)22(24,25)26/h4-12H,1-3H3,(H,28,31)(H,29,32). The van der Waals surface area contributed by atoms with Crippen LogP contribution in [0.4, 0.5) is 18.9 Å². The lowest BCUT2D eigenvalue weighted by molar-refractivity contribution is -0.137. The van der Waals surface area contributed by atoms with E-state index < -0.39 is 17.6 Å². The number of hydrogen-bond donors (Lipinski definition) is 2. The zero-order valence-corrected chi connectivity index (χ0v) is 18.2. The van der Waals surface area contributed by atoms with Crippen molar-refractivity contribution >= 4 is 29.1 Å². The zero-order valence-electron chi connectivity index (χ0n) is 17.4. The van der Waals surface area contributed by atoms with Gasteiger partial charge in [0.15, 0.2) is 0 Å². The molecule has 0 saturated heterocycles. The monoisotopic (exact) mass is 464 g/mol. The van der Waals surface area contributed by atoms with E-state index in [-0.39, 0.29) is 33.9 Å². The van der Waals surface area contributed by atoms with Crippen LogP contribution in [0.25, 0.3) is 5.69 Å². The quantitative estimate of drug-likeness (QED) is 0.542. The number of anilines is 1. The Hall–Kier alpha value is -3.33. The van der Waals surface area contributed by atoms with E-state index in [0.717, 1.165) is 12.1 Å². The fourth-order valence-corrected chi connectivity index (χ4v) is 3.17. The van der Waals surface area contributed by atoms with Gasteiger partial charge in [-0.2, -0.15) is 18.3 Å². The van der Waals surface area contributed by atoms with Gasteiger partial charge in [-0.25, -0.2) is 4.68 Å². The largest absolute Gasteiger partial charge is 0.416 e. The molecule has 3 aromatic rings. The van der Waals surface area contributed by atoms with Gasteiger partial charge < -0.3 is 10.6 Å². The van der Waals surface area contributed by atoms with Crippen LogP contribution in [0.5, 0.6) is 0 Å². The van der Waals surface area contributed by atoms with Gasteiger partial charge in [-0.3, -0.25) is 9.59 Å². The number of carbonyl (C=O) groups is 2. The van der Waals surface area contributed by atoms with E-state index in [9.17, 15) is 22.8 Å². The van der Waals surface area contributed by atoms with Crippen LogP contribution in [0.1, 0.15) is 45.8 Å². The summed E-state index contributed by atoms with van der Waals surface area (Å²) in [5, 5.41) is 9.67. The van der Waals surface area contributed by atoms with Gasteiger partial charge in [0.05, 0.1) is 39.4 Å². The molecular weight excluding hydrogens is 445 g/mol.